The molecule has 0 spiro atoms. The first kappa shape index (κ1) is 18.9. The summed E-state index contributed by atoms with van der Waals surface area (Å²) in [6.45, 7) is 1.54. The Morgan fingerprint density at radius 3 is 2.58 bits per heavy atom. The fraction of sp³-hybridized carbons (Fsp3) is 0.368. The summed E-state index contributed by atoms with van der Waals surface area (Å²) in [6, 6.07) is 12.9. The zero-order valence-corrected chi connectivity index (χ0v) is 15.3. The first-order chi connectivity index (χ1) is 12.4. The molecule has 1 fully saturated rings. The van der Waals surface area contributed by atoms with Crippen LogP contribution in [0.25, 0.3) is 11.1 Å². The fourth-order valence-electron chi connectivity index (χ4n) is 3.23. The van der Waals surface area contributed by atoms with Crippen LogP contribution in [-0.2, 0) is 16.4 Å². The third-order valence-electron chi connectivity index (χ3n) is 4.70. The smallest absolute Gasteiger partial charge is 0.211 e. The van der Waals surface area contributed by atoms with Crippen LogP contribution >= 0.6 is 0 Å². The summed E-state index contributed by atoms with van der Waals surface area (Å²) in [6.07, 6.45) is -1.15. The van der Waals surface area contributed by atoms with Gasteiger partial charge in [0.25, 0.3) is 0 Å². The zero-order valence-electron chi connectivity index (χ0n) is 14.5. The number of alkyl halides is 1. The number of halogens is 2. The van der Waals surface area contributed by atoms with Gasteiger partial charge in [-0.3, -0.25) is 0 Å². The van der Waals surface area contributed by atoms with E-state index in [4.69, 9.17) is 0 Å². The van der Waals surface area contributed by atoms with E-state index < -0.39 is 28.3 Å². The van der Waals surface area contributed by atoms with E-state index in [9.17, 15) is 17.2 Å². The second-order valence-corrected chi connectivity index (χ2v) is 8.47. The van der Waals surface area contributed by atoms with E-state index in [1.165, 1.54) is 6.92 Å². The van der Waals surface area contributed by atoms with Crippen molar-refractivity contribution < 1.29 is 17.2 Å². The SMILES string of the molecule is CCS(=O)(=O)N[C@@H]1[C@H](Cc2cccc(-c3ccccc3)c2F)NC[C@@H]1F. The van der Waals surface area contributed by atoms with Crippen molar-refractivity contribution in [2.75, 3.05) is 12.3 Å². The van der Waals surface area contributed by atoms with Crippen molar-refractivity contribution in [3.63, 3.8) is 0 Å². The Morgan fingerprint density at radius 1 is 1.15 bits per heavy atom. The Morgan fingerprint density at radius 2 is 1.88 bits per heavy atom. The number of nitrogens with one attached hydrogen (secondary N) is 2. The van der Waals surface area contributed by atoms with Crippen molar-refractivity contribution in [3.8, 4) is 11.1 Å². The van der Waals surface area contributed by atoms with E-state index >= 15 is 0 Å². The Bertz CT molecular complexity index is 859. The molecule has 2 aromatic carbocycles. The van der Waals surface area contributed by atoms with Gasteiger partial charge in [-0.1, -0.05) is 48.5 Å². The number of hydrogen-bond acceptors (Lipinski definition) is 3. The van der Waals surface area contributed by atoms with Crippen LogP contribution in [-0.4, -0.2) is 39.0 Å². The number of hydrogen-bond donors (Lipinski definition) is 2. The Kier molecular flexibility index (Phi) is 5.70. The van der Waals surface area contributed by atoms with Gasteiger partial charge in [0.15, 0.2) is 0 Å². The third-order valence-corrected chi connectivity index (χ3v) is 6.09. The number of benzene rings is 2. The molecule has 1 heterocycles. The van der Waals surface area contributed by atoms with Gasteiger partial charge in [-0.2, -0.15) is 0 Å². The minimum Gasteiger partial charge on any atom is -0.309 e. The monoisotopic (exact) mass is 380 g/mol. The summed E-state index contributed by atoms with van der Waals surface area (Å²) < 4.78 is 55.2. The Balaban J connectivity index is 1.84. The van der Waals surface area contributed by atoms with Crippen LogP contribution in [0.4, 0.5) is 8.78 Å². The van der Waals surface area contributed by atoms with E-state index in [0.717, 1.165) is 5.56 Å². The minimum absolute atomic E-state index is 0.0432. The van der Waals surface area contributed by atoms with Crippen LogP contribution in [0.15, 0.2) is 48.5 Å². The van der Waals surface area contributed by atoms with Crippen molar-refractivity contribution in [1.82, 2.24) is 10.0 Å². The maximum Gasteiger partial charge on any atom is 0.211 e. The molecule has 0 saturated carbocycles. The van der Waals surface area contributed by atoms with E-state index in [1.807, 2.05) is 30.3 Å². The highest BCUT2D eigenvalue weighted by Crippen LogP contribution is 2.27. The highest BCUT2D eigenvalue weighted by atomic mass is 32.2. The molecule has 0 aromatic heterocycles. The Hall–Kier alpha value is -1.83. The van der Waals surface area contributed by atoms with Crippen LogP contribution in [0.3, 0.4) is 0 Å². The molecule has 26 heavy (non-hydrogen) atoms. The predicted molar refractivity (Wildman–Crippen MR) is 98.6 cm³/mol. The summed E-state index contributed by atoms with van der Waals surface area (Å²) in [7, 11) is -3.55. The molecule has 1 aliphatic heterocycles. The molecule has 0 unspecified atom stereocenters. The number of rotatable bonds is 6. The van der Waals surface area contributed by atoms with Gasteiger partial charge in [-0.05, 0) is 24.5 Å². The lowest BCUT2D eigenvalue weighted by molar-refractivity contribution is 0.304. The third kappa shape index (κ3) is 4.11. The molecule has 4 nitrogen and oxygen atoms in total. The highest BCUT2D eigenvalue weighted by molar-refractivity contribution is 7.89. The summed E-state index contributed by atoms with van der Waals surface area (Å²) in [5.74, 6) is -0.485. The molecule has 0 bridgehead atoms. The molecule has 7 heteroatoms. The first-order valence-electron chi connectivity index (χ1n) is 8.61. The minimum atomic E-state index is -3.55. The van der Waals surface area contributed by atoms with Crippen molar-refractivity contribution >= 4 is 10.0 Å². The van der Waals surface area contributed by atoms with Gasteiger partial charge in [0.1, 0.15) is 12.0 Å². The second-order valence-electron chi connectivity index (χ2n) is 6.43. The molecule has 1 aliphatic rings. The van der Waals surface area contributed by atoms with Crippen LogP contribution in [0.2, 0.25) is 0 Å². The van der Waals surface area contributed by atoms with E-state index in [1.54, 1.807) is 18.2 Å². The molecule has 3 rings (SSSR count). The molecule has 2 aromatic rings. The van der Waals surface area contributed by atoms with Crippen molar-refractivity contribution in [2.45, 2.75) is 31.6 Å². The van der Waals surface area contributed by atoms with Crippen molar-refractivity contribution in [3.05, 3.63) is 59.9 Å². The maximum atomic E-state index is 15.0. The van der Waals surface area contributed by atoms with Crippen LogP contribution < -0.4 is 10.0 Å². The molecule has 140 valence electrons. The molecular weight excluding hydrogens is 358 g/mol. The first-order valence-corrected chi connectivity index (χ1v) is 10.3. The molecule has 0 aliphatic carbocycles. The average molecular weight is 380 g/mol. The summed E-state index contributed by atoms with van der Waals surface area (Å²) in [5.41, 5.74) is 1.67. The zero-order chi connectivity index (χ0) is 18.7. The van der Waals surface area contributed by atoms with Gasteiger partial charge in [0, 0.05) is 18.2 Å². The topological polar surface area (TPSA) is 58.2 Å². The standard InChI is InChI=1S/C19H22F2N2O2S/c1-2-26(24,25)23-19-16(20)12-22-17(19)11-14-9-6-10-15(18(14)21)13-7-4-3-5-8-13/h3-10,16-17,19,22-23H,2,11-12H2,1H3/t16-,17-,19-/m0/s1. The molecule has 0 radical (unpaired) electrons. The summed E-state index contributed by atoms with van der Waals surface area (Å²) >= 11 is 0. The lowest BCUT2D eigenvalue weighted by Gasteiger charge is -2.22. The summed E-state index contributed by atoms with van der Waals surface area (Å²) in [4.78, 5) is 0. The average Bonchev–Trinajstić information content (AvgIpc) is 2.97. The molecule has 1 saturated heterocycles. The second kappa shape index (κ2) is 7.82. The normalized spacial score (nSPS) is 23.3. The van der Waals surface area contributed by atoms with E-state index in [0.29, 0.717) is 11.1 Å². The van der Waals surface area contributed by atoms with Gasteiger partial charge in [0.2, 0.25) is 10.0 Å². The van der Waals surface area contributed by atoms with Crippen molar-refractivity contribution in [2.24, 2.45) is 0 Å². The molecule has 2 N–H and O–H groups in total. The maximum absolute atomic E-state index is 15.0. The lowest BCUT2D eigenvalue weighted by atomic mass is 9.96. The van der Waals surface area contributed by atoms with Gasteiger partial charge < -0.3 is 5.32 Å². The predicted octanol–water partition coefficient (Wildman–Crippen LogP) is 2.65. The van der Waals surface area contributed by atoms with Crippen LogP contribution in [0.1, 0.15) is 12.5 Å². The molecule has 3 atom stereocenters. The largest absolute Gasteiger partial charge is 0.309 e. The van der Waals surface area contributed by atoms with E-state index in [2.05, 4.69) is 10.0 Å². The summed E-state index contributed by atoms with van der Waals surface area (Å²) in [5, 5.41) is 2.97. The molecular formula is C19H22F2N2O2S. The molecule has 0 amide bonds. The highest BCUT2D eigenvalue weighted by Gasteiger charge is 2.38. The number of sulfonamides is 1. The van der Waals surface area contributed by atoms with Gasteiger partial charge >= 0.3 is 0 Å². The van der Waals surface area contributed by atoms with Crippen LogP contribution in [0, 0.1) is 5.82 Å². The van der Waals surface area contributed by atoms with Gasteiger partial charge in [-0.15, -0.1) is 0 Å². The quantitative estimate of drug-likeness (QED) is 0.810. The Labute approximate surface area is 152 Å². The van der Waals surface area contributed by atoms with Crippen LogP contribution in [0.5, 0.6) is 0 Å². The van der Waals surface area contributed by atoms with Gasteiger partial charge in [0.05, 0.1) is 11.8 Å². The van der Waals surface area contributed by atoms with Crippen molar-refractivity contribution in [1.29, 1.82) is 0 Å². The van der Waals surface area contributed by atoms with E-state index in [-0.39, 0.29) is 24.5 Å². The van der Waals surface area contributed by atoms with Gasteiger partial charge in [-0.25, -0.2) is 21.9 Å². The fourth-order valence-corrected chi connectivity index (χ4v) is 4.12. The lowest BCUT2D eigenvalue weighted by Crippen LogP contribution is -2.48.